The summed E-state index contributed by atoms with van der Waals surface area (Å²) in [5, 5.41) is 3.08. The van der Waals surface area contributed by atoms with E-state index in [-0.39, 0.29) is 37.4 Å². The molecular formula is C33H43N3O4S. The van der Waals surface area contributed by atoms with E-state index >= 15 is 0 Å². The molecule has 0 aliphatic heterocycles. The van der Waals surface area contributed by atoms with Crippen molar-refractivity contribution in [3.05, 3.63) is 101 Å². The van der Waals surface area contributed by atoms with Crippen molar-refractivity contribution in [2.75, 3.05) is 17.1 Å². The van der Waals surface area contributed by atoms with Gasteiger partial charge >= 0.3 is 0 Å². The van der Waals surface area contributed by atoms with Crippen LogP contribution in [0.5, 0.6) is 0 Å². The predicted octanol–water partition coefficient (Wildman–Crippen LogP) is 5.40. The lowest BCUT2D eigenvalue weighted by Crippen LogP contribution is -2.52. The summed E-state index contributed by atoms with van der Waals surface area (Å²) in [6.45, 7) is 8.25. The number of anilines is 1. The molecule has 0 saturated heterocycles. The van der Waals surface area contributed by atoms with E-state index in [1.807, 2.05) is 100 Å². The zero-order chi connectivity index (χ0) is 30.0. The number of benzene rings is 3. The number of sulfonamides is 1. The van der Waals surface area contributed by atoms with Gasteiger partial charge in [0, 0.05) is 32.0 Å². The minimum atomic E-state index is -3.57. The molecule has 3 rings (SSSR count). The standard InChI is InChI=1S/C33H43N3O4S/c1-6-26(3)34-33(38)31(23-28-16-9-7-10-17-28)35(24-29-18-11-8-12-19-29)32(37)21-14-22-36(41(5,39)40)30-20-13-15-25(2)27(30)4/h7-13,15-20,26,31H,6,14,21-24H2,1-5H3,(H,34,38)/t26-,31+/m0/s1. The van der Waals surface area contributed by atoms with Gasteiger partial charge in [-0.05, 0) is 61.9 Å². The van der Waals surface area contributed by atoms with Crippen molar-refractivity contribution in [2.24, 2.45) is 0 Å². The lowest BCUT2D eigenvalue weighted by molar-refractivity contribution is -0.141. The van der Waals surface area contributed by atoms with E-state index in [4.69, 9.17) is 0 Å². The molecule has 0 aliphatic carbocycles. The summed E-state index contributed by atoms with van der Waals surface area (Å²) < 4.78 is 26.9. The molecule has 0 aromatic heterocycles. The maximum atomic E-state index is 13.9. The number of hydrogen-bond acceptors (Lipinski definition) is 4. The SMILES string of the molecule is CC[C@H](C)NC(=O)[C@@H](Cc1ccccc1)N(Cc1ccccc1)C(=O)CCCN(c1cccc(C)c1C)S(C)(=O)=O. The molecule has 0 bridgehead atoms. The summed E-state index contributed by atoms with van der Waals surface area (Å²) in [5.74, 6) is -0.385. The zero-order valence-electron chi connectivity index (χ0n) is 24.8. The third kappa shape index (κ3) is 9.18. The molecule has 8 heteroatoms. The average Bonchev–Trinajstić information content (AvgIpc) is 2.95. The molecule has 3 aromatic carbocycles. The van der Waals surface area contributed by atoms with Crippen molar-refractivity contribution in [3.8, 4) is 0 Å². The van der Waals surface area contributed by atoms with E-state index < -0.39 is 16.1 Å². The first-order valence-corrected chi connectivity index (χ1v) is 16.1. The number of hydrogen-bond donors (Lipinski definition) is 1. The number of aryl methyl sites for hydroxylation is 1. The number of carbonyl (C=O) groups is 2. The molecule has 0 spiro atoms. The molecule has 0 radical (unpaired) electrons. The van der Waals surface area contributed by atoms with E-state index in [9.17, 15) is 18.0 Å². The second-order valence-corrected chi connectivity index (χ2v) is 12.6. The Morgan fingerprint density at radius 1 is 0.878 bits per heavy atom. The Hall–Kier alpha value is -3.65. The molecule has 3 aromatic rings. The lowest BCUT2D eigenvalue weighted by Gasteiger charge is -2.33. The van der Waals surface area contributed by atoms with Crippen molar-refractivity contribution >= 4 is 27.5 Å². The van der Waals surface area contributed by atoms with Crippen LogP contribution in [0.2, 0.25) is 0 Å². The number of carbonyl (C=O) groups excluding carboxylic acids is 2. The first-order valence-electron chi connectivity index (χ1n) is 14.2. The third-order valence-electron chi connectivity index (χ3n) is 7.46. The monoisotopic (exact) mass is 577 g/mol. The normalized spacial score (nSPS) is 12.8. The fourth-order valence-electron chi connectivity index (χ4n) is 4.76. The molecule has 0 aliphatic rings. The molecule has 2 atom stereocenters. The molecule has 1 N–H and O–H groups in total. The van der Waals surface area contributed by atoms with Gasteiger partial charge in [-0.25, -0.2) is 8.42 Å². The summed E-state index contributed by atoms with van der Waals surface area (Å²) in [4.78, 5) is 29.2. The Labute approximate surface area is 245 Å². The molecule has 0 heterocycles. The smallest absolute Gasteiger partial charge is 0.243 e. The van der Waals surface area contributed by atoms with E-state index in [1.165, 1.54) is 10.6 Å². The van der Waals surface area contributed by atoms with Gasteiger partial charge in [0.1, 0.15) is 6.04 Å². The Kier molecular flexibility index (Phi) is 11.5. The molecular weight excluding hydrogens is 534 g/mol. The Morgan fingerprint density at radius 2 is 1.49 bits per heavy atom. The molecule has 0 unspecified atom stereocenters. The summed E-state index contributed by atoms with van der Waals surface area (Å²) in [6, 6.07) is 24.2. The quantitative estimate of drug-likeness (QED) is 0.278. The van der Waals surface area contributed by atoms with Crippen molar-refractivity contribution in [1.29, 1.82) is 0 Å². The van der Waals surface area contributed by atoms with Gasteiger partial charge in [0.2, 0.25) is 21.8 Å². The van der Waals surface area contributed by atoms with E-state index in [0.29, 0.717) is 18.5 Å². The van der Waals surface area contributed by atoms with Gasteiger partial charge in [0.15, 0.2) is 0 Å². The fraction of sp³-hybridized carbons (Fsp3) is 0.394. The van der Waals surface area contributed by atoms with Gasteiger partial charge in [0.25, 0.3) is 0 Å². The van der Waals surface area contributed by atoms with Crippen molar-refractivity contribution < 1.29 is 18.0 Å². The van der Waals surface area contributed by atoms with Crippen LogP contribution in [0.15, 0.2) is 78.9 Å². The Balaban J connectivity index is 1.89. The van der Waals surface area contributed by atoms with Crippen LogP contribution in [0.25, 0.3) is 0 Å². The van der Waals surface area contributed by atoms with Gasteiger partial charge < -0.3 is 10.2 Å². The molecule has 7 nitrogen and oxygen atoms in total. The molecule has 0 fully saturated rings. The van der Waals surface area contributed by atoms with Gasteiger partial charge in [-0.3, -0.25) is 13.9 Å². The topological polar surface area (TPSA) is 86.8 Å². The van der Waals surface area contributed by atoms with E-state index in [0.717, 1.165) is 28.7 Å². The van der Waals surface area contributed by atoms with Crippen LogP contribution in [-0.4, -0.2) is 50.0 Å². The van der Waals surface area contributed by atoms with Crippen LogP contribution >= 0.6 is 0 Å². The minimum Gasteiger partial charge on any atom is -0.352 e. The summed E-state index contributed by atoms with van der Waals surface area (Å²) in [7, 11) is -3.57. The number of nitrogens with zero attached hydrogens (tertiary/aromatic N) is 2. The van der Waals surface area contributed by atoms with Crippen LogP contribution in [-0.2, 0) is 32.6 Å². The van der Waals surface area contributed by atoms with Crippen LogP contribution < -0.4 is 9.62 Å². The summed E-state index contributed by atoms with van der Waals surface area (Å²) >= 11 is 0. The highest BCUT2D eigenvalue weighted by molar-refractivity contribution is 7.92. The van der Waals surface area contributed by atoms with Crippen LogP contribution in [0.3, 0.4) is 0 Å². The average molecular weight is 578 g/mol. The fourth-order valence-corrected chi connectivity index (χ4v) is 5.78. The van der Waals surface area contributed by atoms with Gasteiger partial charge in [-0.1, -0.05) is 79.7 Å². The molecule has 2 amide bonds. The largest absolute Gasteiger partial charge is 0.352 e. The Bertz CT molecular complexity index is 1390. The first kappa shape index (κ1) is 31.9. The first-order chi connectivity index (χ1) is 19.5. The van der Waals surface area contributed by atoms with Crippen molar-refractivity contribution in [1.82, 2.24) is 10.2 Å². The van der Waals surface area contributed by atoms with Gasteiger partial charge in [0.05, 0.1) is 11.9 Å². The minimum absolute atomic E-state index is 0.0321. The highest BCUT2D eigenvalue weighted by Gasteiger charge is 2.31. The second kappa shape index (κ2) is 14.8. The molecule has 0 saturated carbocycles. The maximum Gasteiger partial charge on any atom is 0.243 e. The van der Waals surface area contributed by atoms with E-state index in [2.05, 4.69) is 5.32 Å². The Morgan fingerprint density at radius 3 is 2.07 bits per heavy atom. The zero-order valence-corrected chi connectivity index (χ0v) is 25.7. The van der Waals surface area contributed by atoms with Gasteiger partial charge in [-0.2, -0.15) is 0 Å². The maximum absolute atomic E-state index is 13.9. The molecule has 220 valence electrons. The van der Waals surface area contributed by atoms with E-state index in [1.54, 1.807) is 11.0 Å². The third-order valence-corrected chi connectivity index (χ3v) is 8.64. The molecule has 41 heavy (non-hydrogen) atoms. The predicted molar refractivity (Wildman–Crippen MR) is 166 cm³/mol. The van der Waals surface area contributed by atoms with Crippen LogP contribution in [0, 0.1) is 13.8 Å². The highest BCUT2D eigenvalue weighted by atomic mass is 32.2. The van der Waals surface area contributed by atoms with Crippen molar-refractivity contribution in [2.45, 2.75) is 72.0 Å². The second-order valence-electron chi connectivity index (χ2n) is 10.7. The van der Waals surface area contributed by atoms with Gasteiger partial charge in [-0.15, -0.1) is 0 Å². The highest BCUT2D eigenvalue weighted by Crippen LogP contribution is 2.26. The summed E-state index contributed by atoms with van der Waals surface area (Å²) in [5.41, 5.74) is 4.39. The van der Waals surface area contributed by atoms with Crippen LogP contribution in [0.1, 0.15) is 55.4 Å². The lowest BCUT2D eigenvalue weighted by atomic mass is 10.0. The number of nitrogens with one attached hydrogen (secondary N) is 1. The number of amides is 2. The van der Waals surface area contributed by atoms with Crippen molar-refractivity contribution in [3.63, 3.8) is 0 Å². The summed E-state index contributed by atoms with van der Waals surface area (Å²) in [6.07, 6.45) is 2.75. The number of rotatable bonds is 14. The van der Waals surface area contributed by atoms with Crippen LogP contribution in [0.4, 0.5) is 5.69 Å².